The van der Waals surface area contributed by atoms with Crippen molar-refractivity contribution in [3.05, 3.63) is 18.0 Å². The summed E-state index contributed by atoms with van der Waals surface area (Å²) >= 11 is 0. The molecular formula is C16H30N4O3. The highest BCUT2D eigenvalue weighted by atomic mass is 16.6. The van der Waals surface area contributed by atoms with Crippen LogP contribution >= 0.6 is 0 Å². The van der Waals surface area contributed by atoms with Crippen molar-refractivity contribution in [2.75, 3.05) is 20.3 Å². The van der Waals surface area contributed by atoms with Crippen LogP contribution < -0.4 is 10.6 Å². The topological polar surface area (TPSA) is 88.3 Å². The normalized spacial score (nSPS) is 14.3. The molecule has 7 heteroatoms. The lowest BCUT2D eigenvalue weighted by Gasteiger charge is -2.23. The molecule has 2 unspecified atom stereocenters. The molecular weight excluding hydrogens is 296 g/mol. The number of carbonyl (C=O) groups is 1. The number of carbonyl (C=O) groups excluding carboxylic acids is 1. The summed E-state index contributed by atoms with van der Waals surface area (Å²) in [6, 6.07) is 0.401. The minimum Gasteiger partial charge on any atom is -0.444 e. The van der Waals surface area contributed by atoms with Crippen molar-refractivity contribution in [3.8, 4) is 0 Å². The lowest BCUT2D eigenvalue weighted by Crippen LogP contribution is -2.37. The molecule has 0 spiro atoms. The lowest BCUT2D eigenvalue weighted by molar-refractivity contribution is 0.0526. The maximum Gasteiger partial charge on any atom is 0.407 e. The summed E-state index contributed by atoms with van der Waals surface area (Å²) in [4.78, 5) is 11.6. The number of hydrogen-bond donors (Lipinski definition) is 3. The summed E-state index contributed by atoms with van der Waals surface area (Å²) in [5, 5.41) is 13.1. The highest BCUT2D eigenvalue weighted by molar-refractivity contribution is 5.67. The fourth-order valence-corrected chi connectivity index (χ4v) is 2.22. The summed E-state index contributed by atoms with van der Waals surface area (Å²) in [6.45, 7) is 8.84. The second kappa shape index (κ2) is 9.52. The molecule has 1 aromatic rings. The quantitative estimate of drug-likeness (QED) is 0.606. The molecule has 0 aromatic carbocycles. The van der Waals surface area contributed by atoms with Gasteiger partial charge in [-0.05, 0) is 40.5 Å². The van der Waals surface area contributed by atoms with E-state index in [0.29, 0.717) is 13.2 Å². The molecule has 3 N–H and O–H groups in total. The van der Waals surface area contributed by atoms with Gasteiger partial charge in [-0.2, -0.15) is 5.10 Å². The first kappa shape index (κ1) is 19.4. The van der Waals surface area contributed by atoms with Crippen LogP contribution in [0.2, 0.25) is 0 Å². The van der Waals surface area contributed by atoms with E-state index in [9.17, 15) is 4.79 Å². The Morgan fingerprint density at radius 2 is 2.17 bits per heavy atom. The molecule has 0 aliphatic heterocycles. The average Bonchev–Trinajstić information content (AvgIpc) is 2.95. The fraction of sp³-hybridized carbons (Fsp3) is 0.750. The third kappa shape index (κ3) is 8.56. The van der Waals surface area contributed by atoms with Crippen molar-refractivity contribution in [2.45, 2.75) is 58.2 Å². The van der Waals surface area contributed by atoms with E-state index < -0.39 is 5.60 Å². The molecule has 0 bridgehead atoms. The van der Waals surface area contributed by atoms with Gasteiger partial charge in [0.1, 0.15) is 5.60 Å². The molecule has 1 rings (SSSR count). The largest absolute Gasteiger partial charge is 0.444 e. The van der Waals surface area contributed by atoms with E-state index in [1.54, 1.807) is 7.11 Å². The van der Waals surface area contributed by atoms with Gasteiger partial charge in [-0.25, -0.2) is 4.79 Å². The van der Waals surface area contributed by atoms with Crippen LogP contribution in [0.3, 0.4) is 0 Å². The molecule has 1 heterocycles. The maximum atomic E-state index is 11.6. The number of amides is 1. The molecule has 23 heavy (non-hydrogen) atoms. The molecule has 0 saturated carbocycles. The number of H-pyrrole nitrogens is 1. The van der Waals surface area contributed by atoms with E-state index in [1.807, 2.05) is 33.2 Å². The van der Waals surface area contributed by atoms with Crippen LogP contribution in [0.25, 0.3) is 0 Å². The maximum absolute atomic E-state index is 11.6. The first-order valence-corrected chi connectivity index (χ1v) is 8.02. The number of nitrogens with one attached hydrogen (secondary N) is 3. The number of hydrogen-bond acceptors (Lipinski definition) is 5. The summed E-state index contributed by atoms with van der Waals surface area (Å²) in [7, 11) is 1.69. The van der Waals surface area contributed by atoms with Crippen LogP contribution in [0.5, 0.6) is 0 Å². The Balaban J connectivity index is 2.29. The van der Waals surface area contributed by atoms with Crippen molar-refractivity contribution in [1.82, 2.24) is 20.8 Å². The van der Waals surface area contributed by atoms with Crippen molar-refractivity contribution in [3.63, 3.8) is 0 Å². The molecule has 132 valence electrons. The van der Waals surface area contributed by atoms with E-state index in [2.05, 4.69) is 27.8 Å². The van der Waals surface area contributed by atoms with Crippen molar-refractivity contribution >= 4 is 6.09 Å². The SMILES string of the molecule is COCC(CCCNC(=O)OC(C)(C)C)NC(C)c1cn[nH]c1. The van der Waals surface area contributed by atoms with Crippen molar-refractivity contribution in [2.24, 2.45) is 0 Å². The predicted molar refractivity (Wildman–Crippen MR) is 89.3 cm³/mol. The summed E-state index contributed by atoms with van der Waals surface area (Å²) < 4.78 is 10.5. The van der Waals surface area contributed by atoms with E-state index >= 15 is 0 Å². The highest BCUT2D eigenvalue weighted by Gasteiger charge is 2.16. The molecule has 0 saturated heterocycles. The number of aromatic nitrogens is 2. The van der Waals surface area contributed by atoms with Gasteiger partial charge in [-0.3, -0.25) is 5.10 Å². The smallest absolute Gasteiger partial charge is 0.407 e. The van der Waals surface area contributed by atoms with Gasteiger partial charge in [0.05, 0.1) is 12.8 Å². The van der Waals surface area contributed by atoms with E-state index in [0.717, 1.165) is 18.4 Å². The molecule has 7 nitrogen and oxygen atoms in total. The minimum atomic E-state index is -0.468. The fourth-order valence-electron chi connectivity index (χ4n) is 2.22. The lowest BCUT2D eigenvalue weighted by atomic mass is 10.1. The second-order valence-electron chi connectivity index (χ2n) is 6.64. The van der Waals surface area contributed by atoms with Crippen molar-refractivity contribution < 1.29 is 14.3 Å². The Bertz CT molecular complexity index is 443. The molecule has 0 aliphatic rings. The standard InChI is InChI=1S/C16H30N4O3/c1-12(13-9-18-19-10-13)20-14(11-22-5)7-6-8-17-15(21)23-16(2,3)4/h9-10,12,14,20H,6-8,11H2,1-5H3,(H,17,21)(H,18,19). The van der Waals surface area contributed by atoms with Crippen LogP contribution in [-0.2, 0) is 9.47 Å². The molecule has 0 aliphatic carbocycles. The zero-order valence-electron chi connectivity index (χ0n) is 14.8. The van der Waals surface area contributed by atoms with Gasteiger partial charge in [-0.15, -0.1) is 0 Å². The summed E-state index contributed by atoms with van der Waals surface area (Å²) in [5.41, 5.74) is 0.641. The van der Waals surface area contributed by atoms with Gasteiger partial charge in [0.2, 0.25) is 0 Å². The Labute approximate surface area is 138 Å². The molecule has 0 fully saturated rings. The van der Waals surface area contributed by atoms with E-state index in [-0.39, 0.29) is 18.2 Å². The van der Waals surface area contributed by atoms with Crippen LogP contribution in [-0.4, -0.2) is 48.2 Å². The van der Waals surface area contributed by atoms with E-state index in [4.69, 9.17) is 9.47 Å². The summed E-state index contributed by atoms with van der Waals surface area (Å²) in [6.07, 6.45) is 5.06. The highest BCUT2D eigenvalue weighted by Crippen LogP contribution is 2.12. The van der Waals surface area contributed by atoms with E-state index in [1.165, 1.54) is 0 Å². The molecule has 2 atom stereocenters. The zero-order valence-corrected chi connectivity index (χ0v) is 14.8. The Kier molecular flexibility index (Phi) is 8.05. The van der Waals surface area contributed by atoms with Crippen molar-refractivity contribution in [1.29, 1.82) is 0 Å². The van der Waals surface area contributed by atoms with Gasteiger partial charge < -0.3 is 20.1 Å². The van der Waals surface area contributed by atoms with Gasteiger partial charge >= 0.3 is 6.09 Å². The predicted octanol–water partition coefficient (Wildman–Crippen LogP) is 2.38. The Morgan fingerprint density at radius 1 is 1.43 bits per heavy atom. The third-order valence-corrected chi connectivity index (χ3v) is 3.27. The molecule has 1 amide bonds. The minimum absolute atomic E-state index is 0.188. The second-order valence-corrected chi connectivity index (χ2v) is 6.64. The van der Waals surface area contributed by atoms with Gasteiger partial charge in [-0.1, -0.05) is 0 Å². The number of alkyl carbamates (subject to hydrolysis) is 1. The van der Waals surface area contributed by atoms with Crippen LogP contribution in [0.15, 0.2) is 12.4 Å². The van der Waals surface area contributed by atoms with Crippen LogP contribution in [0.4, 0.5) is 4.79 Å². The van der Waals surface area contributed by atoms with Gasteiger partial charge in [0, 0.05) is 37.5 Å². The number of aromatic amines is 1. The molecule has 1 aromatic heterocycles. The number of nitrogens with zero attached hydrogens (tertiary/aromatic N) is 1. The van der Waals surface area contributed by atoms with Crippen LogP contribution in [0.1, 0.15) is 52.1 Å². The third-order valence-electron chi connectivity index (χ3n) is 3.27. The van der Waals surface area contributed by atoms with Gasteiger partial charge in [0.25, 0.3) is 0 Å². The first-order chi connectivity index (χ1) is 10.8. The van der Waals surface area contributed by atoms with Crippen LogP contribution in [0, 0.1) is 0 Å². The first-order valence-electron chi connectivity index (χ1n) is 8.02. The molecule has 0 radical (unpaired) electrons. The average molecular weight is 326 g/mol. The van der Waals surface area contributed by atoms with Gasteiger partial charge in [0.15, 0.2) is 0 Å². The Morgan fingerprint density at radius 3 is 2.74 bits per heavy atom. The number of ether oxygens (including phenoxy) is 2. The zero-order chi connectivity index (χ0) is 17.3. The number of methoxy groups -OCH3 is 1. The number of rotatable bonds is 9. The summed E-state index contributed by atoms with van der Waals surface area (Å²) in [5.74, 6) is 0. The monoisotopic (exact) mass is 326 g/mol. The Hall–Kier alpha value is -1.60.